The molecule has 212 valence electrons. The first kappa shape index (κ1) is 28.8. The van der Waals surface area contributed by atoms with Crippen molar-refractivity contribution in [2.24, 2.45) is 0 Å². The average Bonchev–Trinajstić information content (AvgIpc) is 3.11. The van der Waals surface area contributed by atoms with Gasteiger partial charge in [-0.3, -0.25) is 0 Å². The van der Waals surface area contributed by atoms with E-state index in [1.54, 1.807) is 18.2 Å². The van der Waals surface area contributed by atoms with Gasteiger partial charge in [0.25, 0.3) is 0 Å². The number of aromatic carboxylic acids is 1. The summed E-state index contributed by atoms with van der Waals surface area (Å²) in [7, 11) is -2.19. The summed E-state index contributed by atoms with van der Waals surface area (Å²) >= 11 is 0. The van der Waals surface area contributed by atoms with Crippen LogP contribution in [0.5, 0.6) is 0 Å². The fraction of sp³-hybridized carbons (Fsp3) is 0. The average molecular weight is 587 g/mol. The SMILES string of the molecule is O=C([O-])c1ccccc1.c1ccc([P+](c2ccccc2)(c2ccccc2)c2ccccc2-c2cccc3ccccc23)cc1. The van der Waals surface area contributed by atoms with Crippen molar-refractivity contribution in [3.05, 3.63) is 194 Å². The van der Waals surface area contributed by atoms with Crippen molar-refractivity contribution in [3.8, 4) is 11.1 Å². The molecule has 0 unspecified atom stereocenters. The van der Waals surface area contributed by atoms with Crippen LogP contribution >= 0.6 is 7.26 Å². The minimum absolute atomic E-state index is 0.220. The highest BCUT2D eigenvalue weighted by Gasteiger charge is 2.49. The van der Waals surface area contributed by atoms with E-state index in [0.29, 0.717) is 0 Å². The number of fused-ring (bicyclic) bond motifs is 1. The number of carboxylic acids is 1. The smallest absolute Gasteiger partial charge is 0.144 e. The summed E-state index contributed by atoms with van der Waals surface area (Å²) in [6.07, 6.45) is 0. The van der Waals surface area contributed by atoms with Crippen molar-refractivity contribution < 1.29 is 9.90 Å². The summed E-state index contributed by atoms with van der Waals surface area (Å²) in [4.78, 5) is 10.1. The van der Waals surface area contributed by atoms with Gasteiger partial charge < -0.3 is 9.90 Å². The van der Waals surface area contributed by atoms with Gasteiger partial charge in [-0.05, 0) is 64.4 Å². The van der Waals surface area contributed by atoms with Gasteiger partial charge in [0.1, 0.15) is 28.5 Å². The number of hydrogen-bond acceptors (Lipinski definition) is 2. The van der Waals surface area contributed by atoms with Crippen LogP contribution in [-0.4, -0.2) is 5.97 Å². The second kappa shape index (κ2) is 13.3. The molecule has 2 nitrogen and oxygen atoms in total. The summed E-state index contributed by atoms with van der Waals surface area (Å²) in [5, 5.41) is 18.1. The molecule has 0 saturated carbocycles. The maximum absolute atomic E-state index is 10.1. The second-order valence-electron chi connectivity index (χ2n) is 10.4. The van der Waals surface area contributed by atoms with Crippen LogP contribution < -0.4 is 26.3 Å². The largest absolute Gasteiger partial charge is 0.545 e. The molecule has 44 heavy (non-hydrogen) atoms. The Balaban J connectivity index is 0.000000329. The molecule has 0 aliphatic heterocycles. The molecule has 0 radical (unpaired) electrons. The molecule has 7 aromatic rings. The highest BCUT2D eigenvalue weighted by molar-refractivity contribution is 8.01. The van der Waals surface area contributed by atoms with Gasteiger partial charge in [-0.2, -0.15) is 0 Å². The molecule has 0 N–H and O–H groups in total. The lowest BCUT2D eigenvalue weighted by Crippen LogP contribution is -2.39. The van der Waals surface area contributed by atoms with Crippen molar-refractivity contribution in [3.63, 3.8) is 0 Å². The molecule has 7 aromatic carbocycles. The zero-order valence-electron chi connectivity index (χ0n) is 24.2. The monoisotopic (exact) mass is 586 g/mol. The molecule has 0 spiro atoms. The summed E-state index contributed by atoms with van der Waals surface area (Å²) in [6, 6.07) is 65.8. The molecule has 0 aliphatic carbocycles. The fourth-order valence-corrected chi connectivity index (χ4v) is 10.3. The lowest BCUT2D eigenvalue weighted by Gasteiger charge is -2.29. The number of rotatable bonds is 6. The zero-order valence-corrected chi connectivity index (χ0v) is 25.1. The third-order valence-corrected chi connectivity index (χ3v) is 12.1. The summed E-state index contributed by atoms with van der Waals surface area (Å²) < 4.78 is 0. The van der Waals surface area contributed by atoms with E-state index in [9.17, 15) is 9.90 Å². The van der Waals surface area contributed by atoms with E-state index in [0.717, 1.165) is 0 Å². The first-order valence-electron chi connectivity index (χ1n) is 14.6. The number of carboxylic acid groups (broad SMARTS) is 1. The van der Waals surface area contributed by atoms with Crippen LogP contribution in [0.2, 0.25) is 0 Å². The van der Waals surface area contributed by atoms with Crippen LogP contribution in [0.25, 0.3) is 21.9 Å². The van der Waals surface area contributed by atoms with Gasteiger partial charge in [0, 0.05) is 5.56 Å². The Morgan fingerprint density at radius 3 is 1.34 bits per heavy atom. The predicted octanol–water partition coefficient (Wildman–Crippen LogP) is 7.18. The van der Waals surface area contributed by atoms with Gasteiger partial charge in [0.05, 0.1) is 5.97 Å². The molecule has 0 fully saturated rings. The van der Waals surface area contributed by atoms with E-state index in [1.165, 1.54) is 55.3 Å². The van der Waals surface area contributed by atoms with E-state index < -0.39 is 13.2 Å². The zero-order chi connectivity index (χ0) is 30.2. The first-order valence-corrected chi connectivity index (χ1v) is 16.4. The lowest BCUT2D eigenvalue weighted by molar-refractivity contribution is -0.255. The van der Waals surface area contributed by atoms with Crippen LogP contribution in [0.3, 0.4) is 0 Å². The fourth-order valence-electron chi connectivity index (χ4n) is 5.85. The molecule has 0 aromatic heterocycles. The van der Waals surface area contributed by atoms with E-state index >= 15 is 0 Å². The Morgan fingerprint density at radius 2 is 0.818 bits per heavy atom. The van der Waals surface area contributed by atoms with Crippen molar-refractivity contribution in [2.75, 3.05) is 0 Å². The lowest BCUT2D eigenvalue weighted by atomic mass is 9.98. The highest BCUT2D eigenvalue weighted by atomic mass is 31.2. The van der Waals surface area contributed by atoms with Crippen molar-refractivity contribution in [1.82, 2.24) is 0 Å². The predicted molar refractivity (Wildman–Crippen MR) is 185 cm³/mol. The van der Waals surface area contributed by atoms with E-state index in [-0.39, 0.29) is 5.56 Å². The molecule has 0 aliphatic rings. The molecule has 0 amide bonds. The van der Waals surface area contributed by atoms with Crippen LogP contribution in [0.4, 0.5) is 0 Å². The molecule has 0 heterocycles. The summed E-state index contributed by atoms with van der Waals surface area (Å²) in [5.41, 5.74) is 2.80. The van der Waals surface area contributed by atoms with Crippen LogP contribution in [-0.2, 0) is 0 Å². The van der Waals surface area contributed by atoms with Crippen LogP contribution in [0.1, 0.15) is 10.4 Å². The Kier molecular flexibility index (Phi) is 8.73. The minimum atomic E-state index is -2.19. The first-order chi connectivity index (χ1) is 21.7. The second-order valence-corrected chi connectivity index (χ2v) is 13.7. The molecule has 3 heteroatoms. The van der Waals surface area contributed by atoms with Crippen molar-refractivity contribution >= 4 is 45.2 Å². The molecule has 0 saturated heterocycles. The van der Waals surface area contributed by atoms with E-state index in [4.69, 9.17) is 0 Å². The maximum atomic E-state index is 10.1. The normalized spacial score (nSPS) is 10.9. The third kappa shape index (κ3) is 5.69. The number of benzene rings is 7. The number of carbonyl (C=O) groups excluding carboxylic acids is 1. The van der Waals surface area contributed by atoms with Gasteiger partial charge in [0.2, 0.25) is 0 Å². The van der Waals surface area contributed by atoms with Gasteiger partial charge in [-0.25, -0.2) is 0 Å². The van der Waals surface area contributed by atoms with E-state index in [2.05, 4.69) is 158 Å². The Bertz CT molecular complexity index is 1870. The van der Waals surface area contributed by atoms with Crippen molar-refractivity contribution in [2.45, 2.75) is 0 Å². The Labute approximate surface area is 259 Å². The molecule has 0 bridgehead atoms. The summed E-state index contributed by atoms with van der Waals surface area (Å²) in [5.74, 6) is -1.13. The number of carbonyl (C=O) groups is 1. The standard InChI is InChI=1S/C34H26P.C7H6O2/c1-4-17-28(18-5-1)35(29-19-6-2-7-20-29,30-21-8-3-9-22-30)34-26-13-12-24-33(34)32-25-14-16-27-15-10-11-23-31(27)32;8-7(9)6-4-2-1-3-5-6/h1-26H;1-5H,(H,8,9)/q+1;/p-1. The van der Waals surface area contributed by atoms with Gasteiger partial charge >= 0.3 is 0 Å². The van der Waals surface area contributed by atoms with Crippen LogP contribution in [0.15, 0.2) is 188 Å². The van der Waals surface area contributed by atoms with E-state index in [1.807, 2.05) is 0 Å². The Hall–Kier alpha value is -5.30. The molecule has 7 rings (SSSR count). The highest BCUT2D eigenvalue weighted by Crippen LogP contribution is 2.56. The molecule has 0 atom stereocenters. The third-order valence-electron chi connectivity index (χ3n) is 7.79. The van der Waals surface area contributed by atoms with Gasteiger partial charge in [-0.1, -0.05) is 146 Å². The molecular formula is C41H31O2P. The topological polar surface area (TPSA) is 40.1 Å². The summed E-state index contributed by atoms with van der Waals surface area (Å²) in [6.45, 7) is 0. The minimum Gasteiger partial charge on any atom is -0.545 e. The van der Waals surface area contributed by atoms with Gasteiger partial charge in [0.15, 0.2) is 0 Å². The van der Waals surface area contributed by atoms with Crippen molar-refractivity contribution in [1.29, 1.82) is 0 Å². The van der Waals surface area contributed by atoms with Crippen LogP contribution in [0, 0.1) is 0 Å². The Morgan fingerprint density at radius 1 is 0.409 bits per heavy atom. The van der Waals surface area contributed by atoms with Gasteiger partial charge in [-0.15, -0.1) is 0 Å². The molecular weight excluding hydrogens is 555 g/mol. The number of hydrogen-bond donors (Lipinski definition) is 0. The quantitative estimate of drug-likeness (QED) is 0.194. The maximum Gasteiger partial charge on any atom is 0.144 e.